The van der Waals surface area contributed by atoms with Gasteiger partial charge < -0.3 is 4.74 Å². The molecule has 0 saturated carbocycles. The average molecular weight is 587 g/mol. The lowest BCUT2D eigenvalue weighted by atomic mass is 9.81. The van der Waals surface area contributed by atoms with Crippen LogP contribution in [0.3, 0.4) is 0 Å². The summed E-state index contributed by atoms with van der Waals surface area (Å²) in [6, 6.07) is 53.4. The molecule has 10 rings (SSSR count). The highest BCUT2D eigenvalue weighted by Crippen LogP contribution is 2.52. The van der Waals surface area contributed by atoms with Crippen molar-refractivity contribution in [2.45, 2.75) is 19.3 Å². The SMILES string of the molecule is CC1(C)c2ccccc2-c2ccc(-c3ccc4cc(-c5cccc6c5Oc5cc7ccccc7c7cccc-6c57)ccc4c3)cc21. The lowest BCUT2D eigenvalue weighted by molar-refractivity contribution is 0.489. The first-order chi connectivity index (χ1) is 22.5. The zero-order chi connectivity index (χ0) is 30.6. The molecule has 1 aliphatic heterocycles. The second kappa shape index (κ2) is 9.19. The molecule has 1 heteroatoms. The van der Waals surface area contributed by atoms with Crippen molar-refractivity contribution in [2.24, 2.45) is 0 Å². The van der Waals surface area contributed by atoms with E-state index in [-0.39, 0.29) is 5.41 Å². The van der Waals surface area contributed by atoms with E-state index in [4.69, 9.17) is 4.74 Å². The van der Waals surface area contributed by atoms with Crippen LogP contribution in [0.4, 0.5) is 0 Å². The molecule has 0 spiro atoms. The fourth-order valence-corrected chi connectivity index (χ4v) is 8.10. The molecule has 0 bridgehead atoms. The maximum atomic E-state index is 6.81. The minimum Gasteiger partial charge on any atom is -0.455 e. The van der Waals surface area contributed by atoms with E-state index in [2.05, 4.69) is 159 Å². The van der Waals surface area contributed by atoms with Crippen molar-refractivity contribution in [3.8, 4) is 56.0 Å². The highest BCUT2D eigenvalue weighted by Gasteiger charge is 2.35. The highest BCUT2D eigenvalue weighted by atomic mass is 16.5. The minimum atomic E-state index is -0.0102. The van der Waals surface area contributed by atoms with Crippen LogP contribution in [-0.4, -0.2) is 0 Å². The van der Waals surface area contributed by atoms with Gasteiger partial charge in [-0.25, -0.2) is 0 Å². The van der Waals surface area contributed by atoms with Crippen molar-refractivity contribution in [2.75, 3.05) is 0 Å². The van der Waals surface area contributed by atoms with E-state index >= 15 is 0 Å². The predicted molar refractivity (Wildman–Crippen MR) is 193 cm³/mol. The van der Waals surface area contributed by atoms with Crippen molar-refractivity contribution < 1.29 is 4.74 Å². The first-order valence-corrected chi connectivity index (χ1v) is 16.1. The van der Waals surface area contributed by atoms with E-state index in [0.717, 1.165) is 28.2 Å². The molecular weight excluding hydrogens is 556 g/mol. The number of hydrogen-bond acceptors (Lipinski definition) is 1. The molecule has 0 aromatic heterocycles. The molecule has 216 valence electrons. The standard InChI is InChI=1S/C45H30O/c1-45(2)40-16-6-5-11-35(40)36-22-21-30(25-41(36)45)28-17-18-29-24-32(20-19-27(29)23-28)34-12-7-15-39-38-14-8-13-37-33-10-4-3-9-31(33)26-42(43(37)38)46-44(34)39/h3-26H,1-2H3. The van der Waals surface area contributed by atoms with Gasteiger partial charge in [-0.1, -0.05) is 135 Å². The molecule has 0 fully saturated rings. The van der Waals surface area contributed by atoms with Gasteiger partial charge >= 0.3 is 0 Å². The molecule has 0 atom stereocenters. The second-order valence-electron chi connectivity index (χ2n) is 13.3. The molecule has 1 aliphatic carbocycles. The third-order valence-corrected chi connectivity index (χ3v) is 10.4. The summed E-state index contributed by atoms with van der Waals surface area (Å²) in [5.41, 5.74) is 12.7. The summed E-state index contributed by atoms with van der Waals surface area (Å²) in [6.07, 6.45) is 0. The Hall–Kier alpha value is -5.66. The van der Waals surface area contributed by atoms with E-state index in [1.54, 1.807) is 0 Å². The van der Waals surface area contributed by atoms with Crippen molar-refractivity contribution in [3.63, 3.8) is 0 Å². The van der Waals surface area contributed by atoms with E-state index in [1.807, 2.05) is 0 Å². The van der Waals surface area contributed by atoms with Gasteiger partial charge in [-0.05, 0) is 95.7 Å². The Morgan fingerprint density at radius 3 is 1.96 bits per heavy atom. The molecule has 1 nitrogen and oxygen atoms in total. The summed E-state index contributed by atoms with van der Waals surface area (Å²) in [6.45, 7) is 4.69. The third kappa shape index (κ3) is 3.51. The Bertz CT molecular complexity index is 2590. The zero-order valence-corrected chi connectivity index (χ0v) is 25.8. The fraction of sp³-hybridized carbons (Fsp3) is 0.0667. The maximum Gasteiger partial charge on any atom is 0.143 e. The molecular formula is C45H30O. The minimum absolute atomic E-state index is 0.0102. The Morgan fingerprint density at radius 2 is 1.04 bits per heavy atom. The van der Waals surface area contributed by atoms with Crippen molar-refractivity contribution in [1.82, 2.24) is 0 Å². The molecule has 8 aromatic carbocycles. The lowest BCUT2D eigenvalue weighted by Gasteiger charge is -2.24. The normalized spacial score (nSPS) is 13.8. The van der Waals surface area contributed by atoms with Crippen molar-refractivity contribution in [3.05, 3.63) is 157 Å². The monoisotopic (exact) mass is 586 g/mol. The highest BCUT2D eigenvalue weighted by molar-refractivity contribution is 6.17. The van der Waals surface area contributed by atoms with Crippen LogP contribution in [0.1, 0.15) is 25.0 Å². The summed E-state index contributed by atoms with van der Waals surface area (Å²) in [4.78, 5) is 0. The van der Waals surface area contributed by atoms with Crippen LogP contribution < -0.4 is 4.74 Å². The van der Waals surface area contributed by atoms with Crippen LogP contribution in [0, 0.1) is 0 Å². The maximum absolute atomic E-state index is 6.81. The van der Waals surface area contributed by atoms with Gasteiger partial charge in [0, 0.05) is 21.9 Å². The smallest absolute Gasteiger partial charge is 0.143 e. The predicted octanol–water partition coefficient (Wildman–Crippen LogP) is 12.6. The van der Waals surface area contributed by atoms with Gasteiger partial charge in [0.25, 0.3) is 0 Å². The second-order valence-corrected chi connectivity index (χ2v) is 13.3. The van der Waals surface area contributed by atoms with Crippen LogP contribution in [0.5, 0.6) is 11.5 Å². The van der Waals surface area contributed by atoms with Gasteiger partial charge in [0.2, 0.25) is 0 Å². The number of benzene rings is 8. The zero-order valence-electron chi connectivity index (χ0n) is 25.8. The van der Waals surface area contributed by atoms with Gasteiger partial charge in [0.15, 0.2) is 0 Å². The Labute approximate surface area is 268 Å². The largest absolute Gasteiger partial charge is 0.455 e. The topological polar surface area (TPSA) is 9.23 Å². The van der Waals surface area contributed by atoms with E-state index in [9.17, 15) is 0 Å². The molecule has 0 N–H and O–H groups in total. The van der Waals surface area contributed by atoms with Gasteiger partial charge in [-0.2, -0.15) is 0 Å². The Morgan fingerprint density at radius 1 is 0.413 bits per heavy atom. The summed E-state index contributed by atoms with van der Waals surface area (Å²) in [5.74, 6) is 1.85. The number of fused-ring (bicyclic) bond motifs is 8. The summed E-state index contributed by atoms with van der Waals surface area (Å²) in [7, 11) is 0. The molecule has 0 unspecified atom stereocenters. The fourth-order valence-electron chi connectivity index (χ4n) is 8.10. The Kier molecular flexibility index (Phi) is 5.12. The molecule has 46 heavy (non-hydrogen) atoms. The first-order valence-electron chi connectivity index (χ1n) is 16.1. The Balaban J connectivity index is 1.06. The van der Waals surface area contributed by atoms with Crippen molar-refractivity contribution in [1.29, 1.82) is 0 Å². The lowest BCUT2D eigenvalue weighted by Crippen LogP contribution is -2.14. The van der Waals surface area contributed by atoms with Gasteiger partial charge in [0.05, 0.1) is 0 Å². The third-order valence-electron chi connectivity index (χ3n) is 10.4. The number of ether oxygens (including phenoxy) is 1. The molecule has 1 heterocycles. The van der Waals surface area contributed by atoms with Crippen molar-refractivity contribution >= 4 is 32.3 Å². The number of rotatable bonds is 2. The molecule has 0 radical (unpaired) electrons. The van der Waals surface area contributed by atoms with Crippen LogP contribution in [0.15, 0.2) is 146 Å². The van der Waals surface area contributed by atoms with Crippen LogP contribution >= 0.6 is 0 Å². The van der Waals surface area contributed by atoms with Crippen LogP contribution in [-0.2, 0) is 5.41 Å². The number of para-hydroxylation sites is 1. The van der Waals surface area contributed by atoms with E-state index in [0.29, 0.717) is 0 Å². The van der Waals surface area contributed by atoms with Crippen LogP contribution in [0.25, 0.3) is 76.8 Å². The summed E-state index contributed by atoms with van der Waals surface area (Å²) >= 11 is 0. The average Bonchev–Trinajstić information content (AvgIpc) is 3.33. The van der Waals surface area contributed by atoms with E-state index < -0.39 is 0 Å². The number of hydrogen-bond donors (Lipinski definition) is 0. The van der Waals surface area contributed by atoms with E-state index in [1.165, 1.54) is 71.3 Å². The quantitative estimate of drug-likeness (QED) is 0.183. The summed E-state index contributed by atoms with van der Waals surface area (Å²) in [5, 5.41) is 7.33. The van der Waals surface area contributed by atoms with Crippen LogP contribution in [0.2, 0.25) is 0 Å². The molecule has 2 aliphatic rings. The van der Waals surface area contributed by atoms with Gasteiger partial charge in [0.1, 0.15) is 11.5 Å². The van der Waals surface area contributed by atoms with Gasteiger partial charge in [-0.3, -0.25) is 0 Å². The molecule has 0 amide bonds. The first kappa shape index (κ1) is 25.6. The molecule has 8 aromatic rings. The van der Waals surface area contributed by atoms with Gasteiger partial charge in [-0.15, -0.1) is 0 Å². The summed E-state index contributed by atoms with van der Waals surface area (Å²) < 4.78 is 6.81. The molecule has 0 saturated heterocycles.